The molecular weight excluding hydrogens is 1500 g/mol. The number of hydrogen-bond acceptors (Lipinski definition) is 12. The molecule has 0 atom stereocenters. The molecule has 3 fully saturated rings. The van der Waals surface area contributed by atoms with Crippen LogP contribution in [0.15, 0.2) is 139 Å². The number of carboxylic acids is 1. The van der Waals surface area contributed by atoms with Gasteiger partial charge in [-0.3, -0.25) is 9.59 Å². The van der Waals surface area contributed by atoms with E-state index >= 15 is 0 Å². The Hall–Kier alpha value is -5.53. The zero-order chi connectivity index (χ0) is 69.3. The molecule has 0 saturated carbocycles. The number of aromatic amines is 3. The largest absolute Gasteiger partial charge is 0.477 e. The van der Waals surface area contributed by atoms with E-state index in [-0.39, 0.29) is 50.1 Å². The van der Waals surface area contributed by atoms with Gasteiger partial charge in [-0.2, -0.15) is 0 Å². The number of piperazine rings is 3. The quantitative estimate of drug-likeness (QED) is 0.0796. The highest BCUT2D eigenvalue weighted by atomic mass is 35.5. The number of nitrogens with one attached hydrogen (secondary N) is 5. The number of ether oxygens (including phenoxy) is 2. The van der Waals surface area contributed by atoms with E-state index < -0.39 is 11.6 Å². The lowest BCUT2D eigenvalue weighted by atomic mass is 10.2. The van der Waals surface area contributed by atoms with Crippen molar-refractivity contribution in [3.05, 3.63) is 171 Å². The summed E-state index contributed by atoms with van der Waals surface area (Å²) < 4.78 is 10.7. The van der Waals surface area contributed by atoms with E-state index in [9.17, 15) is 24.0 Å². The number of amides is 4. The van der Waals surface area contributed by atoms with Crippen LogP contribution in [0.1, 0.15) is 87.9 Å². The predicted molar refractivity (Wildman–Crippen MR) is 405 cm³/mol. The van der Waals surface area contributed by atoms with Crippen molar-refractivity contribution in [2.45, 2.75) is 97.0 Å². The van der Waals surface area contributed by atoms with Crippen LogP contribution in [0.5, 0.6) is 0 Å². The number of carboxylic acid groups (broad SMARTS) is 1. The number of fused-ring (bicyclic) bond motifs is 3. The zero-order valence-corrected chi connectivity index (χ0v) is 61.9. The third-order valence-corrected chi connectivity index (χ3v) is 20.5. The Kier molecular flexibility index (Phi) is 28.8. The number of carbonyl (C=O) groups excluding carboxylic acids is 4. The van der Waals surface area contributed by atoms with Crippen molar-refractivity contribution in [1.82, 2.24) is 45.2 Å². The molecule has 0 radical (unpaired) electrons. The molecule has 9 aromatic rings. The van der Waals surface area contributed by atoms with E-state index in [4.69, 9.17) is 119 Å². The van der Waals surface area contributed by atoms with Crippen LogP contribution in [0.2, 0.25) is 45.2 Å². The average molecular weight is 1570 g/mol. The molecule has 0 aliphatic carbocycles. The molecule has 98 heavy (non-hydrogen) atoms. The van der Waals surface area contributed by atoms with Gasteiger partial charge >= 0.3 is 18.2 Å². The molecule has 6 aromatic carbocycles. The molecular formula is C69H74Cl9N9O8S3. The number of halogens is 9. The van der Waals surface area contributed by atoms with Gasteiger partial charge in [0, 0.05) is 171 Å². The summed E-state index contributed by atoms with van der Waals surface area (Å²) in [5, 5.41) is 23.1. The van der Waals surface area contributed by atoms with Crippen LogP contribution in [0.3, 0.4) is 0 Å². The standard InChI is InChI=1S/C24H24Cl3N3O3S.C19H16Cl3N3OS.C15H8Cl3NO2S.C9H18N2O2.2CH4/c1-24(2,3)33-23(32)30-8-6-29(7-9-30)22(31)19-13-16-18(28-19)11-15(26)12-21(16)34-20-5-4-14(25)10-17(20)27;20-11-1-2-17(14(22)7-11)27-18-9-12(21)8-15-13(18)10-16(24-15)19(26)25-5-3-23-4-6-25;16-7-1-2-13(10(18)3-7)22-14-5-8(17)4-11-9(14)6-12(19-11)15(20)21;1-9(2,3)13-8(12)11-6-4-10-5-7-11;;/h4-5,10-13,28H,6-9H2,1-3H3;1-2,7-10,23-24H,3-6H2;1-6,19H,(H,20,21);10H,4-7H2,1-3H3;2*1H4. The molecule has 0 unspecified atom stereocenters. The summed E-state index contributed by atoms with van der Waals surface area (Å²) in [5.74, 6) is -1.14. The van der Waals surface area contributed by atoms with Gasteiger partial charge in [0.1, 0.15) is 28.3 Å². The fourth-order valence-corrected chi connectivity index (χ4v) is 15.3. The number of hydrogen-bond donors (Lipinski definition) is 6. The number of carbonyl (C=O) groups is 5. The fourth-order valence-electron chi connectivity index (χ4n) is 9.94. The summed E-state index contributed by atoms with van der Waals surface area (Å²) in [4.78, 5) is 82.3. The molecule has 3 saturated heterocycles. The van der Waals surface area contributed by atoms with Gasteiger partial charge in [-0.15, -0.1) is 0 Å². The number of aromatic nitrogens is 3. The van der Waals surface area contributed by atoms with Gasteiger partial charge in [-0.25, -0.2) is 14.4 Å². The third kappa shape index (κ3) is 22.0. The van der Waals surface area contributed by atoms with Gasteiger partial charge in [-0.1, -0.05) is 155 Å². The van der Waals surface area contributed by atoms with Crippen molar-refractivity contribution < 1.29 is 38.6 Å². The second-order valence-electron chi connectivity index (χ2n) is 24.0. The lowest BCUT2D eigenvalue weighted by Crippen LogP contribution is -2.51. The van der Waals surface area contributed by atoms with Crippen LogP contribution in [0, 0.1) is 0 Å². The Balaban J connectivity index is 0.000000191. The first-order valence-corrected chi connectivity index (χ1v) is 35.8. The number of aromatic carboxylic acids is 1. The summed E-state index contributed by atoms with van der Waals surface area (Å²) in [6.45, 7) is 19.1. The van der Waals surface area contributed by atoms with E-state index in [1.54, 1.807) is 75.4 Å². The summed E-state index contributed by atoms with van der Waals surface area (Å²) in [6, 6.07) is 32.1. The Labute approximate surface area is 627 Å². The van der Waals surface area contributed by atoms with E-state index in [0.29, 0.717) is 101 Å². The summed E-state index contributed by atoms with van der Waals surface area (Å²) in [7, 11) is 0. The maximum absolute atomic E-state index is 13.2. The maximum atomic E-state index is 13.2. The summed E-state index contributed by atoms with van der Waals surface area (Å²) >= 11 is 59.9. The molecule has 6 heterocycles. The van der Waals surface area contributed by atoms with E-state index in [0.717, 1.165) is 95.8 Å². The topological polar surface area (TPSA) is 208 Å². The van der Waals surface area contributed by atoms with Crippen LogP contribution in [-0.2, 0) is 9.47 Å². The smallest absolute Gasteiger partial charge is 0.410 e. The van der Waals surface area contributed by atoms with Gasteiger partial charge in [0.2, 0.25) is 0 Å². The van der Waals surface area contributed by atoms with E-state index in [1.807, 2.05) is 95.0 Å². The zero-order valence-electron chi connectivity index (χ0n) is 52.6. The van der Waals surface area contributed by atoms with Crippen LogP contribution in [0.25, 0.3) is 32.7 Å². The Morgan fingerprint density at radius 1 is 0.378 bits per heavy atom. The number of H-pyrrole nitrogens is 3. The average Bonchev–Trinajstić information content (AvgIpc) is 1.64. The van der Waals surface area contributed by atoms with Crippen molar-refractivity contribution in [3.63, 3.8) is 0 Å². The van der Waals surface area contributed by atoms with Crippen LogP contribution >= 0.6 is 140 Å². The van der Waals surface area contributed by atoms with Gasteiger partial charge in [0.15, 0.2) is 0 Å². The molecule has 12 rings (SSSR count). The fraction of sp³-hybridized carbons (Fsp3) is 0.319. The lowest BCUT2D eigenvalue weighted by molar-refractivity contribution is 0.0139. The van der Waals surface area contributed by atoms with Crippen LogP contribution < -0.4 is 10.6 Å². The first kappa shape index (κ1) is 79.8. The highest BCUT2D eigenvalue weighted by Gasteiger charge is 2.30. The molecule has 17 nitrogen and oxygen atoms in total. The van der Waals surface area contributed by atoms with Crippen molar-refractivity contribution in [2.24, 2.45) is 0 Å². The van der Waals surface area contributed by atoms with Crippen molar-refractivity contribution in [3.8, 4) is 0 Å². The van der Waals surface area contributed by atoms with Crippen molar-refractivity contribution in [2.75, 3.05) is 78.5 Å². The normalized spacial score (nSPS) is 14.0. The van der Waals surface area contributed by atoms with Gasteiger partial charge in [0.05, 0.1) is 15.1 Å². The molecule has 3 aromatic heterocycles. The van der Waals surface area contributed by atoms with E-state index in [2.05, 4.69) is 25.6 Å². The van der Waals surface area contributed by atoms with Gasteiger partial charge in [0.25, 0.3) is 11.8 Å². The highest BCUT2D eigenvalue weighted by Crippen LogP contribution is 2.43. The van der Waals surface area contributed by atoms with Crippen molar-refractivity contribution in [1.29, 1.82) is 0 Å². The molecule has 0 bridgehead atoms. The maximum Gasteiger partial charge on any atom is 0.410 e. The number of rotatable bonds is 9. The Morgan fingerprint density at radius 2 is 0.663 bits per heavy atom. The first-order chi connectivity index (χ1) is 45.4. The predicted octanol–water partition coefficient (Wildman–Crippen LogP) is 20.4. The third-order valence-electron chi connectivity index (χ3n) is 14.4. The van der Waals surface area contributed by atoms with Crippen LogP contribution in [-0.4, -0.2) is 159 Å². The molecule has 6 N–H and O–H groups in total. The minimum Gasteiger partial charge on any atom is -0.477 e. The second-order valence-corrected chi connectivity index (χ2v) is 31.1. The molecule has 3 aliphatic heterocycles. The summed E-state index contributed by atoms with van der Waals surface area (Å²) in [6.07, 6.45) is -0.559. The van der Waals surface area contributed by atoms with Crippen molar-refractivity contribution >= 4 is 202 Å². The minimum absolute atomic E-state index is 0. The SMILES string of the molecule is C.C.CC(C)(C)OC(=O)N1CCN(C(=O)c2cc3c(Sc4ccc(Cl)cc4Cl)cc(Cl)cc3[nH]2)CC1.CC(C)(C)OC(=O)N1CCNCC1.O=C(O)c1cc2c(Sc3ccc(Cl)cc3Cl)cc(Cl)cc2[nH]1.O=C(c1cc2c(Sc3ccc(Cl)cc3Cl)cc(Cl)cc2[nH]1)N1CCNCC1. The number of benzene rings is 6. The Morgan fingerprint density at radius 3 is 0.980 bits per heavy atom. The monoisotopic (exact) mass is 1570 g/mol. The molecule has 4 amide bonds. The molecule has 29 heteroatoms. The highest BCUT2D eigenvalue weighted by molar-refractivity contribution is 8.00. The lowest BCUT2D eigenvalue weighted by Gasteiger charge is -2.35. The van der Waals surface area contributed by atoms with Gasteiger partial charge < -0.3 is 59.8 Å². The summed E-state index contributed by atoms with van der Waals surface area (Å²) in [5.41, 5.74) is 2.46. The van der Waals surface area contributed by atoms with E-state index in [1.165, 1.54) is 35.3 Å². The second kappa shape index (κ2) is 35.4. The van der Waals surface area contributed by atoms with Gasteiger partial charge in [-0.05, 0) is 151 Å². The molecule has 524 valence electrons. The van der Waals surface area contributed by atoms with Crippen LogP contribution in [0.4, 0.5) is 9.59 Å². The number of nitrogens with zero attached hydrogens (tertiary/aromatic N) is 4. The Bertz CT molecular complexity index is 4350. The molecule has 0 spiro atoms. The molecule has 3 aliphatic rings. The first-order valence-electron chi connectivity index (χ1n) is 30.0. The minimum atomic E-state index is -1.02.